The van der Waals surface area contributed by atoms with E-state index in [2.05, 4.69) is 4.99 Å². The normalized spacial score (nSPS) is 11.6. The molecule has 0 aliphatic heterocycles. The molecule has 0 aliphatic rings. The van der Waals surface area contributed by atoms with Gasteiger partial charge in [-0.1, -0.05) is 0 Å². The van der Waals surface area contributed by atoms with Crippen molar-refractivity contribution in [1.82, 2.24) is 0 Å². The number of ether oxygens (including phenoxy) is 1. The van der Waals surface area contributed by atoms with E-state index in [1.165, 1.54) is 0 Å². The van der Waals surface area contributed by atoms with Crippen LogP contribution in [0.1, 0.15) is 18.9 Å². The first-order chi connectivity index (χ1) is 7.69. The van der Waals surface area contributed by atoms with Crippen LogP contribution in [0.2, 0.25) is 0 Å². The van der Waals surface area contributed by atoms with Crippen LogP contribution < -0.4 is 4.74 Å². The Labute approximate surface area is 95.2 Å². The molecule has 0 heterocycles. The second kappa shape index (κ2) is 6.12. The molecule has 2 N–H and O–H groups in total. The van der Waals surface area contributed by atoms with Crippen LogP contribution in [0.4, 0.5) is 0 Å². The molecule has 0 saturated carbocycles. The third-order valence-corrected chi connectivity index (χ3v) is 2.26. The Morgan fingerprint density at radius 2 is 2.19 bits per heavy atom. The van der Waals surface area contributed by atoms with Gasteiger partial charge < -0.3 is 14.9 Å². The Morgan fingerprint density at radius 1 is 1.44 bits per heavy atom. The highest BCUT2D eigenvalue weighted by Gasteiger charge is 2.05. The van der Waals surface area contributed by atoms with Crippen molar-refractivity contribution in [1.29, 1.82) is 0 Å². The summed E-state index contributed by atoms with van der Waals surface area (Å²) >= 11 is 0. The van der Waals surface area contributed by atoms with Gasteiger partial charge in [-0.3, -0.25) is 4.99 Å². The van der Waals surface area contributed by atoms with Gasteiger partial charge in [-0.05, 0) is 25.5 Å². The van der Waals surface area contributed by atoms with Crippen molar-refractivity contribution in [2.45, 2.75) is 13.3 Å². The Bertz CT molecular complexity index is 375. The third kappa shape index (κ3) is 3.24. The molecule has 0 fully saturated rings. The summed E-state index contributed by atoms with van der Waals surface area (Å²) < 4.78 is 5.00. The smallest absolute Gasteiger partial charge is 0.128 e. The van der Waals surface area contributed by atoms with Crippen LogP contribution in [-0.2, 0) is 0 Å². The molecule has 88 valence electrons. The van der Waals surface area contributed by atoms with Crippen LogP contribution in [0.3, 0.4) is 0 Å². The van der Waals surface area contributed by atoms with Gasteiger partial charge in [0.05, 0.1) is 7.11 Å². The summed E-state index contributed by atoms with van der Waals surface area (Å²) in [4.78, 5) is 4.26. The van der Waals surface area contributed by atoms with Crippen molar-refractivity contribution in [3.63, 3.8) is 0 Å². The Hall–Kier alpha value is -1.55. The largest absolute Gasteiger partial charge is 0.507 e. The quantitative estimate of drug-likeness (QED) is 0.588. The fourth-order valence-electron chi connectivity index (χ4n) is 1.35. The fraction of sp³-hybridized carbons (Fsp3) is 0.417. The van der Waals surface area contributed by atoms with Crippen LogP contribution >= 0.6 is 0 Å². The predicted octanol–water partition coefficient (Wildman–Crippen LogP) is 1.59. The van der Waals surface area contributed by atoms with Crippen molar-refractivity contribution in [3.05, 3.63) is 23.8 Å². The molecule has 0 radical (unpaired) electrons. The minimum Gasteiger partial charge on any atom is -0.507 e. The molecule has 0 atom stereocenters. The van der Waals surface area contributed by atoms with Crippen molar-refractivity contribution in [2.24, 2.45) is 4.99 Å². The first kappa shape index (κ1) is 12.5. The molecule has 0 spiro atoms. The van der Waals surface area contributed by atoms with Gasteiger partial charge in [-0.25, -0.2) is 0 Å². The molecule has 4 heteroatoms. The van der Waals surface area contributed by atoms with Crippen LogP contribution in [0, 0.1) is 0 Å². The number of benzene rings is 1. The van der Waals surface area contributed by atoms with E-state index in [9.17, 15) is 5.11 Å². The molecule has 0 aliphatic carbocycles. The maximum Gasteiger partial charge on any atom is 0.128 e. The standard InChI is InChI=1S/C12H17NO3/c1-9(13-6-3-7-14)11-5-4-10(16-2)8-12(11)15/h4-5,8,14-15H,3,6-7H2,1-2H3. The Morgan fingerprint density at radius 3 is 2.75 bits per heavy atom. The number of phenols is 1. The maximum absolute atomic E-state index is 9.74. The zero-order valence-electron chi connectivity index (χ0n) is 9.60. The Kier molecular flexibility index (Phi) is 4.79. The zero-order valence-corrected chi connectivity index (χ0v) is 9.60. The summed E-state index contributed by atoms with van der Waals surface area (Å²) in [7, 11) is 1.55. The Balaban J connectivity index is 2.83. The SMILES string of the molecule is COc1ccc(C(C)=NCCCO)c(O)c1. The number of aliphatic imine (C=N–C) groups is 1. The summed E-state index contributed by atoms with van der Waals surface area (Å²) in [5.41, 5.74) is 1.45. The molecule has 0 aromatic heterocycles. The highest BCUT2D eigenvalue weighted by atomic mass is 16.5. The number of aromatic hydroxyl groups is 1. The van der Waals surface area contributed by atoms with E-state index >= 15 is 0 Å². The number of hydrogen-bond acceptors (Lipinski definition) is 4. The van der Waals surface area contributed by atoms with Crippen molar-refractivity contribution < 1.29 is 14.9 Å². The van der Waals surface area contributed by atoms with Crippen molar-refractivity contribution >= 4 is 5.71 Å². The predicted molar refractivity (Wildman–Crippen MR) is 63.4 cm³/mol. The monoisotopic (exact) mass is 223 g/mol. The lowest BCUT2D eigenvalue weighted by Crippen LogP contribution is -1.98. The van der Waals surface area contributed by atoms with E-state index in [4.69, 9.17) is 9.84 Å². The lowest BCUT2D eigenvalue weighted by molar-refractivity contribution is 0.291. The first-order valence-electron chi connectivity index (χ1n) is 5.18. The summed E-state index contributed by atoms with van der Waals surface area (Å²) in [5, 5.41) is 18.4. The lowest BCUT2D eigenvalue weighted by atomic mass is 10.1. The lowest BCUT2D eigenvalue weighted by Gasteiger charge is -2.06. The van der Waals surface area contributed by atoms with Gasteiger partial charge in [0.25, 0.3) is 0 Å². The number of rotatable bonds is 5. The van der Waals surface area contributed by atoms with Gasteiger partial charge in [0.2, 0.25) is 0 Å². The number of aliphatic hydroxyl groups excluding tert-OH is 1. The first-order valence-corrected chi connectivity index (χ1v) is 5.18. The molecule has 0 saturated heterocycles. The van der Waals surface area contributed by atoms with Gasteiger partial charge in [0, 0.05) is 30.5 Å². The summed E-state index contributed by atoms with van der Waals surface area (Å²) in [6.07, 6.45) is 0.633. The van der Waals surface area contributed by atoms with Crippen LogP contribution in [-0.4, -0.2) is 36.2 Å². The summed E-state index contributed by atoms with van der Waals surface area (Å²) in [6, 6.07) is 5.10. The maximum atomic E-state index is 9.74. The van der Waals surface area contributed by atoms with Gasteiger partial charge >= 0.3 is 0 Å². The highest BCUT2D eigenvalue weighted by Crippen LogP contribution is 2.23. The molecule has 1 aromatic rings. The highest BCUT2D eigenvalue weighted by molar-refractivity contribution is 6.01. The van der Waals surface area contributed by atoms with Gasteiger partial charge in [0.1, 0.15) is 11.5 Å². The topological polar surface area (TPSA) is 62.0 Å². The molecule has 16 heavy (non-hydrogen) atoms. The van der Waals surface area contributed by atoms with E-state index in [1.807, 2.05) is 6.92 Å². The second-order valence-electron chi connectivity index (χ2n) is 3.43. The van der Waals surface area contributed by atoms with Crippen LogP contribution in [0.5, 0.6) is 11.5 Å². The number of phenolic OH excluding ortho intramolecular Hbond substituents is 1. The van der Waals surface area contributed by atoms with Crippen molar-refractivity contribution in [3.8, 4) is 11.5 Å². The average molecular weight is 223 g/mol. The van der Waals surface area contributed by atoms with E-state index in [-0.39, 0.29) is 12.4 Å². The molecule has 4 nitrogen and oxygen atoms in total. The van der Waals surface area contributed by atoms with Gasteiger partial charge in [0.15, 0.2) is 0 Å². The summed E-state index contributed by atoms with van der Waals surface area (Å²) in [5.74, 6) is 0.772. The van der Waals surface area contributed by atoms with Crippen LogP contribution in [0.15, 0.2) is 23.2 Å². The minimum absolute atomic E-state index is 0.130. The zero-order chi connectivity index (χ0) is 12.0. The van der Waals surface area contributed by atoms with E-state index < -0.39 is 0 Å². The molecule has 0 amide bonds. The number of methoxy groups -OCH3 is 1. The third-order valence-electron chi connectivity index (χ3n) is 2.26. The number of aliphatic hydroxyl groups is 1. The summed E-state index contributed by atoms with van der Waals surface area (Å²) in [6.45, 7) is 2.53. The van der Waals surface area contributed by atoms with E-state index in [1.54, 1.807) is 25.3 Å². The van der Waals surface area contributed by atoms with Crippen molar-refractivity contribution in [2.75, 3.05) is 20.3 Å². The minimum atomic E-state index is 0.130. The average Bonchev–Trinajstić information content (AvgIpc) is 2.29. The van der Waals surface area contributed by atoms with Gasteiger partial charge in [-0.15, -0.1) is 0 Å². The number of hydrogen-bond donors (Lipinski definition) is 2. The van der Waals surface area contributed by atoms with Gasteiger partial charge in [-0.2, -0.15) is 0 Å². The van der Waals surface area contributed by atoms with E-state index in [0.717, 1.165) is 5.71 Å². The molecule has 0 unspecified atom stereocenters. The fourth-order valence-corrected chi connectivity index (χ4v) is 1.35. The van der Waals surface area contributed by atoms with Crippen LogP contribution in [0.25, 0.3) is 0 Å². The molecule has 1 rings (SSSR count). The second-order valence-corrected chi connectivity index (χ2v) is 3.43. The van der Waals surface area contributed by atoms with E-state index in [0.29, 0.717) is 24.3 Å². The molecule has 0 bridgehead atoms. The molecule has 1 aromatic carbocycles. The molecular weight excluding hydrogens is 206 g/mol. The molecular formula is C12H17NO3. The number of nitrogens with zero attached hydrogens (tertiary/aromatic N) is 1.